The van der Waals surface area contributed by atoms with Crippen molar-refractivity contribution in [1.82, 2.24) is 4.98 Å². The Bertz CT molecular complexity index is 629. The average Bonchev–Trinajstić information content (AvgIpc) is 2.48. The molecule has 0 saturated carbocycles. The monoisotopic (exact) mass is 286 g/mol. The first kappa shape index (κ1) is 14.7. The Kier molecular flexibility index (Phi) is 5.00. The molecule has 2 aromatic rings. The molecule has 0 bridgehead atoms. The standard InChI is InChI=1S/C15H14N2O4/c18-14(10-21-9-11-5-2-1-3-6-11)17-13-8-4-7-12(16-13)15(19)20/h1-8H,9-10H2,(H,19,20)(H,16,17,18). The molecule has 6 heteroatoms. The molecule has 0 unspecified atom stereocenters. The van der Waals surface area contributed by atoms with Gasteiger partial charge in [0.1, 0.15) is 12.4 Å². The molecule has 1 aromatic carbocycles. The Balaban J connectivity index is 1.82. The summed E-state index contributed by atoms with van der Waals surface area (Å²) in [6.45, 7) is 0.199. The average molecular weight is 286 g/mol. The first-order valence-electron chi connectivity index (χ1n) is 6.27. The third-order valence-corrected chi connectivity index (χ3v) is 2.58. The van der Waals surface area contributed by atoms with Crippen molar-refractivity contribution in [3.05, 3.63) is 59.8 Å². The number of nitrogens with zero attached hydrogens (tertiary/aromatic N) is 1. The number of carbonyl (C=O) groups is 2. The van der Waals surface area contributed by atoms with E-state index in [0.29, 0.717) is 6.61 Å². The number of hydrogen-bond acceptors (Lipinski definition) is 4. The van der Waals surface area contributed by atoms with E-state index in [4.69, 9.17) is 9.84 Å². The maximum absolute atomic E-state index is 11.7. The maximum Gasteiger partial charge on any atom is 0.354 e. The molecule has 0 spiro atoms. The van der Waals surface area contributed by atoms with Crippen molar-refractivity contribution in [2.45, 2.75) is 6.61 Å². The zero-order chi connectivity index (χ0) is 15.1. The summed E-state index contributed by atoms with van der Waals surface area (Å²) in [6, 6.07) is 13.9. The summed E-state index contributed by atoms with van der Waals surface area (Å²) >= 11 is 0. The first-order chi connectivity index (χ1) is 10.1. The molecule has 2 rings (SSSR count). The molecule has 0 atom stereocenters. The fourth-order valence-corrected chi connectivity index (χ4v) is 1.64. The van der Waals surface area contributed by atoms with Gasteiger partial charge in [-0.1, -0.05) is 36.4 Å². The molecule has 0 radical (unpaired) electrons. The predicted molar refractivity (Wildman–Crippen MR) is 75.9 cm³/mol. The molecule has 0 aliphatic heterocycles. The Morgan fingerprint density at radius 2 is 1.86 bits per heavy atom. The van der Waals surface area contributed by atoms with Crippen molar-refractivity contribution in [2.24, 2.45) is 0 Å². The Hall–Kier alpha value is -2.73. The van der Waals surface area contributed by atoms with Crippen molar-refractivity contribution in [2.75, 3.05) is 11.9 Å². The van der Waals surface area contributed by atoms with Crippen molar-refractivity contribution in [3.63, 3.8) is 0 Å². The molecule has 1 heterocycles. The van der Waals surface area contributed by atoms with Crippen LogP contribution in [-0.2, 0) is 16.1 Å². The SMILES string of the molecule is O=C(COCc1ccccc1)Nc1cccc(C(=O)O)n1. The lowest BCUT2D eigenvalue weighted by Gasteiger charge is -2.06. The number of carboxylic acid groups (broad SMARTS) is 1. The minimum atomic E-state index is -1.15. The van der Waals surface area contributed by atoms with E-state index >= 15 is 0 Å². The highest BCUT2D eigenvalue weighted by atomic mass is 16.5. The van der Waals surface area contributed by atoms with Crippen LogP contribution in [0.1, 0.15) is 16.1 Å². The van der Waals surface area contributed by atoms with Gasteiger partial charge in [-0.3, -0.25) is 4.79 Å². The van der Waals surface area contributed by atoms with Crippen LogP contribution in [0, 0.1) is 0 Å². The summed E-state index contributed by atoms with van der Waals surface area (Å²) in [5.41, 5.74) is 0.842. The lowest BCUT2D eigenvalue weighted by Crippen LogP contribution is -2.19. The van der Waals surface area contributed by atoms with Gasteiger partial charge in [-0.05, 0) is 17.7 Å². The first-order valence-corrected chi connectivity index (χ1v) is 6.27. The molecule has 0 fully saturated rings. The van der Waals surface area contributed by atoms with Crippen molar-refractivity contribution in [3.8, 4) is 0 Å². The van der Waals surface area contributed by atoms with Gasteiger partial charge in [0.25, 0.3) is 5.91 Å². The summed E-state index contributed by atoms with van der Waals surface area (Å²) in [5, 5.41) is 11.3. The molecule has 1 amide bonds. The predicted octanol–water partition coefficient (Wildman–Crippen LogP) is 1.94. The smallest absolute Gasteiger partial charge is 0.354 e. The van der Waals surface area contributed by atoms with E-state index in [-0.39, 0.29) is 24.0 Å². The largest absolute Gasteiger partial charge is 0.477 e. The second kappa shape index (κ2) is 7.16. The number of pyridine rings is 1. The summed E-state index contributed by atoms with van der Waals surface area (Å²) in [4.78, 5) is 26.2. The number of hydrogen-bond donors (Lipinski definition) is 2. The number of ether oxygens (including phenoxy) is 1. The number of aromatic nitrogens is 1. The molecule has 1 aromatic heterocycles. The Morgan fingerprint density at radius 3 is 2.57 bits per heavy atom. The van der Waals surface area contributed by atoms with Crippen LogP contribution in [0.2, 0.25) is 0 Å². The lowest BCUT2D eigenvalue weighted by molar-refractivity contribution is -0.121. The third kappa shape index (κ3) is 4.70. The van der Waals surface area contributed by atoms with E-state index in [0.717, 1.165) is 5.56 Å². The molecular formula is C15H14N2O4. The number of nitrogens with one attached hydrogen (secondary N) is 1. The molecular weight excluding hydrogens is 272 g/mol. The van der Waals surface area contributed by atoms with E-state index in [1.807, 2.05) is 30.3 Å². The second-order valence-corrected chi connectivity index (χ2v) is 4.24. The van der Waals surface area contributed by atoms with Gasteiger partial charge in [-0.2, -0.15) is 0 Å². The van der Waals surface area contributed by atoms with Crippen LogP contribution >= 0.6 is 0 Å². The minimum Gasteiger partial charge on any atom is -0.477 e. The minimum absolute atomic E-state index is 0.127. The van der Waals surface area contributed by atoms with Crippen molar-refractivity contribution in [1.29, 1.82) is 0 Å². The number of anilines is 1. The van der Waals surface area contributed by atoms with Gasteiger partial charge in [0.15, 0.2) is 5.69 Å². The summed E-state index contributed by atoms with van der Waals surface area (Å²) in [6.07, 6.45) is 0. The molecule has 6 nitrogen and oxygen atoms in total. The molecule has 21 heavy (non-hydrogen) atoms. The quantitative estimate of drug-likeness (QED) is 0.847. The van der Waals surface area contributed by atoms with E-state index in [2.05, 4.69) is 10.3 Å². The maximum atomic E-state index is 11.7. The number of aromatic carboxylic acids is 1. The van der Waals surface area contributed by atoms with Crippen LogP contribution < -0.4 is 5.32 Å². The number of amides is 1. The summed E-state index contributed by atoms with van der Waals surface area (Å²) < 4.78 is 5.28. The van der Waals surface area contributed by atoms with Crippen LogP contribution in [0.4, 0.5) is 5.82 Å². The van der Waals surface area contributed by atoms with Crippen LogP contribution in [0.3, 0.4) is 0 Å². The molecule has 0 saturated heterocycles. The van der Waals surface area contributed by atoms with Crippen molar-refractivity contribution >= 4 is 17.7 Å². The number of carbonyl (C=O) groups excluding carboxylic acids is 1. The fraction of sp³-hybridized carbons (Fsp3) is 0.133. The van der Waals surface area contributed by atoms with Crippen LogP contribution in [0.15, 0.2) is 48.5 Å². The highest BCUT2D eigenvalue weighted by molar-refractivity contribution is 5.92. The fourth-order valence-electron chi connectivity index (χ4n) is 1.64. The van der Waals surface area contributed by atoms with Gasteiger partial charge in [0.05, 0.1) is 6.61 Å². The van der Waals surface area contributed by atoms with E-state index in [1.54, 1.807) is 0 Å². The van der Waals surface area contributed by atoms with Crippen LogP contribution in [0.5, 0.6) is 0 Å². The number of rotatable bonds is 6. The zero-order valence-corrected chi connectivity index (χ0v) is 11.2. The highest BCUT2D eigenvalue weighted by Crippen LogP contribution is 2.05. The highest BCUT2D eigenvalue weighted by Gasteiger charge is 2.08. The van der Waals surface area contributed by atoms with Crippen LogP contribution in [-0.4, -0.2) is 28.6 Å². The third-order valence-electron chi connectivity index (χ3n) is 2.58. The molecule has 0 aliphatic carbocycles. The summed E-state index contributed by atoms with van der Waals surface area (Å²) in [5.74, 6) is -1.35. The molecule has 108 valence electrons. The number of benzene rings is 1. The van der Waals surface area contributed by atoms with Gasteiger partial charge in [-0.25, -0.2) is 9.78 Å². The topological polar surface area (TPSA) is 88.5 Å². The molecule has 0 aliphatic rings. The van der Waals surface area contributed by atoms with Gasteiger partial charge >= 0.3 is 5.97 Å². The Morgan fingerprint density at radius 1 is 1.10 bits per heavy atom. The zero-order valence-electron chi connectivity index (χ0n) is 11.2. The second-order valence-electron chi connectivity index (χ2n) is 4.24. The van der Waals surface area contributed by atoms with E-state index < -0.39 is 5.97 Å². The van der Waals surface area contributed by atoms with E-state index in [9.17, 15) is 9.59 Å². The van der Waals surface area contributed by atoms with Gasteiger partial charge in [0, 0.05) is 0 Å². The van der Waals surface area contributed by atoms with Gasteiger partial charge < -0.3 is 15.2 Å². The van der Waals surface area contributed by atoms with Crippen LogP contribution in [0.25, 0.3) is 0 Å². The molecule has 2 N–H and O–H groups in total. The number of carboxylic acids is 1. The van der Waals surface area contributed by atoms with Crippen molar-refractivity contribution < 1.29 is 19.4 Å². The van der Waals surface area contributed by atoms with Gasteiger partial charge in [-0.15, -0.1) is 0 Å². The van der Waals surface area contributed by atoms with E-state index in [1.165, 1.54) is 18.2 Å². The van der Waals surface area contributed by atoms with Gasteiger partial charge in [0.2, 0.25) is 0 Å². The Labute approximate surface area is 121 Å². The summed E-state index contributed by atoms with van der Waals surface area (Å²) in [7, 11) is 0. The normalized spacial score (nSPS) is 10.1. The lowest BCUT2D eigenvalue weighted by atomic mass is 10.2.